The minimum absolute atomic E-state index is 0.00919. The number of rotatable bonds is 5. The molecule has 0 radical (unpaired) electrons. The molecule has 39 heavy (non-hydrogen) atoms. The fourth-order valence-electron chi connectivity index (χ4n) is 4.63. The van der Waals surface area contributed by atoms with Crippen molar-refractivity contribution in [2.45, 2.75) is 74.0 Å². The second-order valence-electron chi connectivity index (χ2n) is 10.6. The fourth-order valence-corrected chi connectivity index (χ4v) is 8.02. The maximum absolute atomic E-state index is 11.6. The first-order valence-electron chi connectivity index (χ1n) is 13.3. The van der Waals surface area contributed by atoms with Crippen LogP contribution in [0.2, 0.25) is 0 Å². The third kappa shape index (κ3) is 6.40. The molecule has 1 unspecified atom stereocenters. The molecular formula is C33H36O4S2. The lowest BCUT2D eigenvalue weighted by molar-refractivity contribution is 0.459. The van der Waals surface area contributed by atoms with Crippen molar-refractivity contribution in [3.8, 4) is 5.75 Å². The lowest BCUT2D eigenvalue weighted by Crippen LogP contribution is -2.11. The highest BCUT2D eigenvalue weighted by Gasteiger charge is 2.23. The van der Waals surface area contributed by atoms with Gasteiger partial charge < -0.3 is 4.55 Å². The van der Waals surface area contributed by atoms with Crippen molar-refractivity contribution in [3.05, 3.63) is 122 Å². The standard InChI is InChI=1S/C18H13OS.C15H24O3S/c1-2-8-14(9-3-1)20-17-12-6-4-10-15(17)19-16-11-5-7-13-18(16)20;1-9(2)12-7-13(10(3)4)15(19(16,17)18)14(8-12)11(5)6/h1-13H;7-11H,1-6H3,(H,16,17,18)/q+1;/p-1. The smallest absolute Gasteiger partial charge is 0.366 e. The van der Waals surface area contributed by atoms with Gasteiger partial charge in [0.25, 0.3) is 0 Å². The monoisotopic (exact) mass is 560 g/mol. The van der Waals surface area contributed by atoms with E-state index in [2.05, 4.69) is 68.4 Å². The summed E-state index contributed by atoms with van der Waals surface area (Å²) >= 11 is 0. The van der Waals surface area contributed by atoms with Crippen LogP contribution in [-0.4, -0.2) is 13.0 Å². The van der Waals surface area contributed by atoms with E-state index >= 15 is 0 Å². The van der Waals surface area contributed by atoms with Gasteiger partial charge in [-0.3, -0.25) is 0 Å². The van der Waals surface area contributed by atoms with Gasteiger partial charge in [-0.15, -0.1) is 0 Å². The summed E-state index contributed by atoms with van der Waals surface area (Å²) in [7, 11) is -4.53. The van der Waals surface area contributed by atoms with Crippen molar-refractivity contribution in [3.63, 3.8) is 0 Å². The van der Waals surface area contributed by atoms with Gasteiger partial charge in [0.2, 0.25) is 0 Å². The molecule has 4 aromatic rings. The molecular weight excluding hydrogens is 524 g/mol. The molecule has 0 bridgehead atoms. The van der Waals surface area contributed by atoms with Crippen molar-refractivity contribution in [1.29, 1.82) is 0 Å². The van der Waals surface area contributed by atoms with Crippen molar-refractivity contribution in [1.82, 2.24) is 0 Å². The largest absolute Gasteiger partial charge is 0.744 e. The van der Waals surface area contributed by atoms with Crippen LogP contribution in [0.1, 0.15) is 76.0 Å². The van der Waals surface area contributed by atoms with Gasteiger partial charge in [0, 0.05) is 17.0 Å². The molecule has 1 aliphatic rings. The molecule has 0 aromatic heterocycles. The van der Waals surface area contributed by atoms with E-state index in [0.29, 0.717) is 17.0 Å². The molecule has 1 aliphatic heterocycles. The molecule has 204 valence electrons. The average molecular weight is 561 g/mol. The van der Waals surface area contributed by atoms with Crippen molar-refractivity contribution >= 4 is 20.6 Å². The van der Waals surface area contributed by atoms with Crippen LogP contribution in [0.25, 0.3) is 0 Å². The maximum Gasteiger partial charge on any atom is 0.366 e. The Bertz CT molecular complexity index is 1680. The van der Waals surface area contributed by atoms with Gasteiger partial charge in [-0.25, -0.2) is 12.8 Å². The minimum Gasteiger partial charge on any atom is -0.744 e. The van der Waals surface area contributed by atoms with Gasteiger partial charge in [0.15, 0.2) is 0 Å². The minimum atomic E-state index is -4.45. The van der Waals surface area contributed by atoms with Gasteiger partial charge in [0.05, 0.1) is 4.90 Å². The van der Waals surface area contributed by atoms with Crippen LogP contribution >= 0.6 is 10.5 Å². The molecule has 1 atom stereocenters. The maximum atomic E-state index is 11.6. The van der Waals surface area contributed by atoms with Crippen LogP contribution in [0.3, 0.4) is 0 Å². The predicted molar refractivity (Wildman–Crippen MR) is 160 cm³/mol. The third-order valence-electron chi connectivity index (χ3n) is 6.67. The molecule has 0 N–H and O–H groups in total. The lowest BCUT2D eigenvalue weighted by atomic mass is 9.89. The van der Waals surface area contributed by atoms with Crippen molar-refractivity contribution < 1.29 is 13.0 Å². The molecule has 6 heteroatoms. The molecule has 0 saturated carbocycles. The Morgan fingerprint density at radius 1 is 0.692 bits per heavy atom. The average Bonchev–Trinajstić information content (AvgIpc) is 2.91. The van der Waals surface area contributed by atoms with E-state index in [0.717, 1.165) is 16.7 Å². The van der Waals surface area contributed by atoms with Gasteiger partial charge in [-0.05, 0) is 58.7 Å². The summed E-state index contributed by atoms with van der Waals surface area (Å²) in [4.78, 5) is 2.58. The Balaban J connectivity index is 0.000000181. The summed E-state index contributed by atoms with van der Waals surface area (Å²) < 4.78 is 42.1. The second kappa shape index (κ2) is 12.0. The summed E-state index contributed by atoms with van der Waals surface area (Å²) in [5.41, 5.74) is 3.34. The molecule has 4 nitrogen and oxygen atoms in total. The second-order valence-corrected chi connectivity index (χ2v) is 13.8. The van der Waals surface area contributed by atoms with Crippen LogP contribution in [0.15, 0.2) is 110 Å². The van der Waals surface area contributed by atoms with Gasteiger partial charge in [-0.2, -0.15) is 0 Å². The zero-order valence-corrected chi connectivity index (χ0v) is 25.0. The van der Waals surface area contributed by atoms with Crippen LogP contribution in [-0.2, 0) is 10.1 Å². The Morgan fingerprint density at radius 3 is 1.79 bits per heavy atom. The highest BCUT2D eigenvalue weighted by atomic mass is 32.2. The molecule has 0 spiro atoms. The normalized spacial score (nSPS) is 14.4. The SMILES string of the molecule is CC(C)c1cc(C(C)C)c(S(=O)(=O)[O-])c(C(C)C)c1.c1ccc(S2=c3ccccc3=[O+]c3ccccc32)cc1. The highest BCUT2D eigenvalue weighted by Crippen LogP contribution is 2.45. The quantitative estimate of drug-likeness (QED) is 0.123. The van der Waals surface area contributed by atoms with Crippen molar-refractivity contribution in [2.75, 3.05) is 0 Å². The van der Waals surface area contributed by atoms with E-state index in [1.54, 1.807) is 0 Å². The Morgan fingerprint density at radius 2 is 1.23 bits per heavy atom. The van der Waals surface area contributed by atoms with E-state index < -0.39 is 10.1 Å². The molecule has 1 heterocycles. The summed E-state index contributed by atoms with van der Waals surface area (Å²) in [5.74, 6) is 1.29. The summed E-state index contributed by atoms with van der Waals surface area (Å²) in [6, 6.07) is 31.0. The van der Waals surface area contributed by atoms with E-state index in [4.69, 9.17) is 4.42 Å². The molecule has 0 saturated heterocycles. The van der Waals surface area contributed by atoms with Crippen molar-refractivity contribution in [2.24, 2.45) is 0 Å². The topological polar surface area (TPSA) is 68.5 Å². The third-order valence-corrected chi connectivity index (χ3v) is 9.94. The summed E-state index contributed by atoms with van der Waals surface area (Å²) in [5, 5.41) is 0. The van der Waals surface area contributed by atoms with Crippen LogP contribution in [0.5, 0.6) is 5.75 Å². The zero-order valence-electron chi connectivity index (χ0n) is 23.3. The molecule has 0 aliphatic carbocycles. The van der Waals surface area contributed by atoms with E-state index in [9.17, 15) is 13.0 Å². The predicted octanol–water partition coefficient (Wildman–Crippen LogP) is 8.63. The van der Waals surface area contributed by atoms with E-state index in [1.807, 2.05) is 64.1 Å². The fraction of sp³-hybridized carbons (Fsp3) is 0.273. The number of para-hydroxylation sites is 2. The summed E-state index contributed by atoms with van der Waals surface area (Å²) in [6.45, 7) is 11.8. The highest BCUT2D eigenvalue weighted by molar-refractivity contribution is 8.09. The number of benzene rings is 4. The molecule has 0 fully saturated rings. The van der Waals surface area contributed by atoms with E-state index in [-0.39, 0.29) is 27.2 Å². The Hall–Kier alpha value is -3.06. The Kier molecular flexibility index (Phi) is 8.90. The van der Waals surface area contributed by atoms with Gasteiger partial charge >= 0.3 is 11.2 Å². The Labute approximate surface area is 234 Å². The zero-order chi connectivity index (χ0) is 28.3. The lowest BCUT2D eigenvalue weighted by Gasteiger charge is -2.24. The van der Waals surface area contributed by atoms with Crippen LogP contribution < -0.4 is 5.43 Å². The number of hydrogen-bond donors (Lipinski definition) is 0. The first kappa shape index (κ1) is 28.9. The summed E-state index contributed by atoms with van der Waals surface area (Å²) in [6.07, 6.45) is 0. The first-order valence-corrected chi connectivity index (χ1v) is 15.9. The van der Waals surface area contributed by atoms with Crippen LogP contribution in [0.4, 0.5) is 0 Å². The van der Waals surface area contributed by atoms with Gasteiger partial charge in [0.1, 0.15) is 19.5 Å². The molecule has 0 amide bonds. The molecule has 5 rings (SSSR count). The first-order chi connectivity index (χ1) is 18.5. The number of fused-ring (bicyclic) bond motifs is 2. The van der Waals surface area contributed by atoms with Crippen LogP contribution in [0, 0.1) is 4.51 Å². The molecule has 4 aromatic carbocycles. The van der Waals surface area contributed by atoms with E-state index in [1.165, 1.54) is 14.3 Å². The van der Waals surface area contributed by atoms with Gasteiger partial charge in [-0.1, -0.05) is 107 Å². The number of hydrogen-bond acceptors (Lipinski definition) is 3.